The minimum Gasteiger partial charge on any atom is -0.445 e. The number of nitrogens with one attached hydrogen (secondary N) is 1. The lowest BCUT2D eigenvalue weighted by Crippen LogP contribution is -2.41. The van der Waals surface area contributed by atoms with E-state index in [9.17, 15) is 13.2 Å². The Kier molecular flexibility index (Phi) is 6.12. The fourth-order valence-electron chi connectivity index (χ4n) is 3.36. The van der Waals surface area contributed by atoms with Crippen molar-refractivity contribution in [3.63, 3.8) is 0 Å². The molecule has 1 N–H and O–H groups in total. The summed E-state index contributed by atoms with van der Waals surface area (Å²) < 4.78 is 30.1. The molecule has 150 valence electrons. The summed E-state index contributed by atoms with van der Waals surface area (Å²) in [4.78, 5) is 12.0. The Morgan fingerprint density at radius 3 is 2.37 bits per heavy atom. The summed E-state index contributed by atoms with van der Waals surface area (Å²) in [6.07, 6.45) is 1.47. The Hall–Kier alpha value is -0.440. The van der Waals surface area contributed by atoms with Crippen LogP contribution in [0, 0.1) is 5.41 Å². The number of alkyl carbamates (subject to hydrolysis) is 1. The third-order valence-corrected chi connectivity index (χ3v) is 7.51. The number of halogens is 4. The normalized spacial score (nSPS) is 22.4. The molecule has 27 heavy (non-hydrogen) atoms. The van der Waals surface area contributed by atoms with Gasteiger partial charge < -0.3 is 10.1 Å². The lowest BCUT2D eigenvalue weighted by Gasteiger charge is -2.32. The first-order valence-electron chi connectivity index (χ1n) is 8.28. The summed E-state index contributed by atoms with van der Waals surface area (Å²) >= 11 is 22.5. The van der Waals surface area contributed by atoms with Gasteiger partial charge in [0.15, 0.2) is 0 Å². The van der Waals surface area contributed by atoms with Crippen molar-refractivity contribution in [1.29, 1.82) is 0 Å². The van der Waals surface area contributed by atoms with Crippen LogP contribution in [0.3, 0.4) is 0 Å². The second-order valence-electron chi connectivity index (χ2n) is 6.81. The van der Waals surface area contributed by atoms with E-state index in [1.54, 1.807) is 12.1 Å². The van der Waals surface area contributed by atoms with Gasteiger partial charge in [0, 0.05) is 24.2 Å². The van der Waals surface area contributed by atoms with E-state index >= 15 is 0 Å². The predicted molar refractivity (Wildman–Crippen MR) is 105 cm³/mol. The van der Waals surface area contributed by atoms with E-state index in [0.717, 1.165) is 6.42 Å². The molecule has 1 spiro atoms. The maximum atomic E-state index is 12.7. The molecule has 6 nitrogen and oxygen atoms in total. The molecule has 11 heteroatoms. The Bertz CT molecular complexity index is 803. The number of carbonyl (C=O) groups is 1. The largest absolute Gasteiger partial charge is 0.445 e. The standard InChI is InChI=1S/C16H18Cl4N2O4S/c17-11-1-3-12(4-2-11)27(24,25)22-7-5-15(6-8-22)9-13(15)21-14(23)26-10-16(18,19)20/h1-4,13H,5-10H2,(H,21,23). The average molecular weight is 476 g/mol. The van der Waals surface area contributed by atoms with Crippen LogP contribution in [0.25, 0.3) is 0 Å². The van der Waals surface area contributed by atoms with Gasteiger partial charge in [0.1, 0.15) is 6.61 Å². The van der Waals surface area contributed by atoms with Gasteiger partial charge in [-0.25, -0.2) is 13.2 Å². The van der Waals surface area contributed by atoms with Gasteiger partial charge in [-0.05, 0) is 48.9 Å². The van der Waals surface area contributed by atoms with Crippen LogP contribution < -0.4 is 5.32 Å². The zero-order valence-corrected chi connectivity index (χ0v) is 18.0. The highest BCUT2D eigenvalue weighted by molar-refractivity contribution is 7.89. The molecule has 2 aliphatic rings. The van der Waals surface area contributed by atoms with Gasteiger partial charge in [-0.3, -0.25) is 0 Å². The highest BCUT2D eigenvalue weighted by Gasteiger charge is 2.56. The van der Waals surface area contributed by atoms with Crippen molar-refractivity contribution in [2.75, 3.05) is 19.7 Å². The molecule has 1 aromatic carbocycles. The number of alkyl halides is 3. The number of carbonyl (C=O) groups excluding carboxylic acids is 1. The number of nitrogens with zero attached hydrogens (tertiary/aromatic N) is 1. The van der Waals surface area contributed by atoms with Gasteiger partial charge in [0.2, 0.25) is 13.8 Å². The van der Waals surface area contributed by atoms with Crippen LogP contribution in [0.15, 0.2) is 29.2 Å². The van der Waals surface area contributed by atoms with Crippen LogP contribution in [-0.4, -0.2) is 48.3 Å². The molecule has 1 amide bonds. The Labute approximate surface area is 178 Å². The maximum Gasteiger partial charge on any atom is 0.407 e. The minimum absolute atomic E-state index is 0.0548. The second kappa shape index (κ2) is 7.76. The lowest BCUT2D eigenvalue weighted by atomic mass is 9.94. The molecule has 0 aromatic heterocycles. The summed E-state index contributed by atoms with van der Waals surface area (Å²) in [5, 5.41) is 3.24. The number of ether oxygens (including phenoxy) is 1. The third kappa shape index (κ3) is 5.14. The van der Waals surface area contributed by atoms with Gasteiger partial charge >= 0.3 is 6.09 Å². The summed E-state index contributed by atoms with van der Waals surface area (Å²) in [5.41, 5.74) is -0.0922. The number of hydrogen-bond donors (Lipinski definition) is 1. The van der Waals surface area contributed by atoms with Crippen molar-refractivity contribution in [1.82, 2.24) is 9.62 Å². The summed E-state index contributed by atoms with van der Waals surface area (Å²) in [5.74, 6) is 0. The number of amides is 1. The van der Waals surface area contributed by atoms with E-state index in [1.165, 1.54) is 16.4 Å². The minimum atomic E-state index is -3.55. The molecular formula is C16H18Cl4N2O4S. The smallest absolute Gasteiger partial charge is 0.407 e. The van der Waals surface area contributed by atoms with E-state index < -0.39 is 19.9 Å². The number of rotatable bonds is 4. The Morgan fingerprint density at radius 1 is 1.22 bits per heavy atom. The van der Waals surface area contributed by atoms with Crippen LogP contribution in [0.1, 0.15) is 19.3 Å². The fraction of sp³-hybridized carbons (Fsp3) is 0.562. The highest BCUT2D eigenvalue weighted by Crippen LogP contribution is 2.54. The number of sulfonamides is 1. The first-order chi connectivity index (χ1) is 12.5. The molecular weight excluding hydrogens is 458 g/mol. The van der Waals surface area contributed by atoms with Gasteiger partial charge in [0.05, 0.1) is 4.90 Å². The van der Waals surface area contributed by atoms with E-state index in [0.29, 0.717) is 31.0 Å². The Morgan fingerprint density at radius 2 is 1.81 bits per heavy atom. The highest BCUT2D eigenvalue weighted by atomic mass is 35.6. The predicted octanol–water partition coefficient (Wildman–Crippen LogP) is 3.98. The van der Waals surface area contributed by atoms with Crippen LogP contribution in [0.2, 0.25) is 5.02 Å². The molecule has 2 fully saturated rings. The molecule has 1 atom stereocenters. The molecule has 0 radical (unpaired) electrons. The van der Waals surface area contributed by atoms with Crippen LogP contribution in [0.4, 0.5) is 4.79 Å². The molecule has 1 unspecified atom stereocenters. The van der Waals surface area contributed by atoms with Gasteiger partial charge in [-0.1, -0.05) is 46.4 Å². The lowest BCUT2D eigenvalue weighted by molar-refractivity contribution is 0.144. The third-order valence-electron chi connectivity index (χ3n) is 5.02. The molecule has 1 saturated carbocycles. The quantitative estimate of drug-likeness (QED) is 0.668. The van der Waals surface area contributed by atoms with E-state index in [4.69, 9.17) is 51.1 Å². The van der Waals surface area contributed by atoms with Crippen molar-refractivity contribution in [3.05, 3.63) is 29.3 Å². The summed E-state index contributed by atoms with van der Waals surface area (Å²) in [7, 11) is -3.55. The topological polar surface area (TPSA) is 75.7 Å². The van der Waals surface area contributed by atoms with E-state index in [2.05, 4.69) is 5.32 Å². The average Bonchev–Trinajstić information content (AvgIpc) is 3.24. The van der Waals surface area contributed by atoms with Gasteiger partial charge in [-0.2, -0.15) is 4.31 Å². The summed E-state index contributed by atoms with van der Waals surface area (Å²) in [6, 6.07) is 6.07. The SMILES string of the molecule is O=C(NC1CC12CCN(S(=O)(=O)c1ccc(Cl)cc1)CC2)OCC(Cl)(Cl)Cl. The zero-order valence-electron chi connectivity index (χ0n) is 14.1. The van der Waals surface area contributed by atoms with Crippen LogP contribution in [-0.2, 0) is 14.8 Å². The van der Waals surface area contributed by atoms with Crippen molar-refractivity contribution in [3.8, 4) is 0 Å². The van der Waals surface area contributed by atoms with Crippen molar-refractivity contribution in [2.45, 2.75) is 34.0 Å². The van der Waals surface area contributed by atoms with Crippen LogP contribution in [0.5, 0.6) is 0 Å². The molecule has 0 bridgehead atoms. The summed E-state index contributed by atoms with van der Waals surface area (Å²) in [6.45, 7) is 0.453. The molecule has 1 saturated heterocycles. The number of piperidine rings is 1. The number of hydrogen-bond acceptors (Lipinski definition) is 4. The first-order valence-corrected chi connectivity index (χ1v) is 11.2. The van der Waals surface area contributed by atoms with Crippen LogP contribution >= 0.6 is 46.4 Å². The Balaban J connectivity index is 1.52. The van der Waals surface area contributed by atoms with Crippen molar-refractivity contribution in [2.24, 2.45) is 5.41 Å². The van der Waals surface area contributed by atoms with Gasteiger partial charge in [-0.15, -0.1) is 0 Å². The molecule has 1 aliphatic heterocycles. The molecule has 1 aliphatic carbocycles. The van der Waals surface area contributed by atoms with Crippen molar-refractivity contribution >= 4 is 62.5 Å². The monoisotopic (exact) mass is 474 g/mol. The molecule has 1 heterocycles. The number of benzene rings is 1. The van der Waals surface area contributed by atoms with Crippen molar-refractivity contribution < 1.29 is 17.9 Å². The zero-order chi connectivity index (χ0) is 19.9. The first kappa shape index (κ1) is 21.3. The van der Waals surface area contributed by atoms with E-state index in [1.807, 2.05) is 0 Å². The van der Waals surface area contributed by atoms with E-state index in [-0.39, 0.29) is 23.0 Å². The maximum absolute atomic E-state index is 12.7. The molecule has 3 rings (SSSR count). The molecule has 1 aromatic rings. The van der Waals surface area contributed by atoms with Gasteiger partial charge in [0.25, 0.3) is 0 Å². The fourth-order valence-corrected chi connectivity index (χ4v) is 5.09. The second-order valence-corrected chi connectivity index (χ2v) is 11.7.